The minimum atomic E-state index is 0.163. The van der Waals surface area contributed by atoms with Gasteiger partial charge in [-0.25, -0.2) is 0 Å². The molecule has 1 N–H and O–H groups in total. The molecular weight excluding hydrogens is 246 g/mol. The van der Waals surface area contributed by atoms with Crippen LogP contribution in [0, 0.1) is 5.92 Å². The van der Waals surface area contributed by atoms with Gasteiger partial charge in [-0.3, -0.25) is 4.68 Å². The van der Waals surface area contributed by atoms with Crippen molar-refractivity contribution < 1.29 is 0 Å². The van der Waals surface area contributed by atoms with Gasteiger partial charge in [0.15, 0.2) is 0 Å². The molecular formula is C14H26ClN3. The number of halogens is 1. The first-order valence-electron chi connectivity index (χ1n) is 6.67. The van der Waals surface area contributed by atoms with Crippen LogP contribution in [-0.2, 0) is 6.42 Å². The third-order valence-electron chi connectivity index (χ3n) is 2.86. The summed E-state index contributed by atoms with van der Waals surface area (Å²) in [7, 11) is 0. The molecule has 18 heavy (non-hydrogen) atoms. The molecule has 1 aromatic heterocycles. The highest BCUT2D eigenvalue weighted by atomic mass is 35.5. The summed E-state index contributed by atoms with van der Waals surface area (Å²) in [5, 5.41) is 8.65. The second-order valence-electron chi connectivity index (χ2n) is 6.42. The lowest BCUT2D eigenvalue weighted by Crippen LogP contribution is -2.39. The Balaban J connectivity index is 2.64. The van der Waals surface area contributed by atoms with Gasteiger partial charge in [-0.15, -0.1) is 0 Å². The molecule has 0 fully saturated rings. The van der Waals surface area contributed by atoms with E-state index in [1.807, 2.05) is 4.68 Å². The van der Waals surface area contributed by atoms with Gasteiger partial charge < -0.3 is 5.32 Å². The first-order chi connectivity index (χ1) is 8.20. The van der Waals surface area contributed by atoms with Gasteiger partial charge in [-0.05, 0) is 53.5 Å². The van der Waals surface area contributed by atoms with Crippen LogP contribution in [0.5, 0.6) is 0 Å². The van der Waals surface area contributed by atoms with Crippen LogP contribution in [-0.4, -0.2) is 21.9 Å². The van der Waals surface area contributed by atoms with Crippen LogP contribution in [0.2, 0.25) is 5.02 Å². The highest BCUT2D eigenvalue weighted by molar-refractivity contribution is 6.31. The van der Waals surface area contributed by atoms with Gasteiger partial charge >= 0.3 is 0 Å². The van der Waals surface area contributed by atoms with Crippen molar-refractivity contribution in [1.29, 1.82) is 0 Å². The third-order valence-corrected chi connectivity index (χ3v) is 3.18. The summed E-state index contributed by atoms with van der Waals surface area (Å²) < 4.78 is 2.02. The van der Waals surface area contributed by atoms with Crippen LogP contribution in [0.15, 0.2) is 6.20 Å². The van der Waals surface area contributed by atoms with Crippen molar-refractivity contribution >= 4 is 11.6 Å². The van der Waals surface area contributed by atoms with Crippen LogP contribution in [0.1, 0.15) is 53.3 Å². The van der Waals surface area contributed by atoms with E-state index >= 15 is 0 Å². The number of nitrogens with zero attached hydrogens (tertiary/aromatic N) is 2. The Morgan fingerprint density at radius 2 is 1.94 bits per heavy atom. The van der Waals surface area contributed by atoms with E-state index in [0.717, 1.165) is 23.7 Å². The number of hydrogen-bond donors (Lipinski definition) is 1. The van der Waals surface area contributed by atoms with E-state index in [0.29, 0.717) is 12.0 Å². The molecule has 0 bridgehead atoms. The van der Waals surface area contributed by atoms with Gasteiger partial charge in [0.1, 0.15) is 0 Å². The fourth-order valence-corrected chi connectivity index (χ4v) is 2.09. The van der Waals surface area contributed by atoms with E-state index in [1.54, 1.807) is 6.20 Å². The summed E-state index contributed by atoms with van der Waals surface area (Å²) in [6.07, 6.45) is 2.71. The Labute approximate surface area is 116 Å². The molecule has 0 aliphatic heterocycles. The molecule has 0 saturated heterocycles. The average molecular weight is 272 g/mol. The molecule has 3 nitrogen and oxygen atoms in total. The number of nitrogens with one attached hydrogen (secondary N) is 1. The first-order valence-corrected chi connectivity index (χ1v) is 7.05. The molecule has 0 aliphatic rings. The molecule has 0 aliphatic carbocycles. The van der Waals surface area contributed by atoms with Crippen LogP contribution in [0.4, 0.5) is 0 Å². The minimum absolute atomic E-state index is 0.163. The zero-order chi connectivity index (χ0) is 13.9. The summed E-state index contributed by atoms with van der Waals surface area (Å²) in [6, 6.07) is 0.357. The Bertz CT molecular complexity index is 377. The predicted octanol–water partition coefficient (Wildman–Crippen LogP) is 3.68. The SMILES string of the molecule is CC(CNC(C)(C)C)Cc1c(Cl)cnn1C(C)C. The summed E-state index contributed by atoms with van der Waals surface area (Å²) in [4.78, 5) is 0. The quantitative estimate of drug-likeness (QED) is 0.885. The summed E-state index contributed by atoms with van der Waals surface area (Å²) in [5.74, 6) is 0.538. The van der Waals surface area contributed by atoms with Gasteiger partial charge in [-0.2, -0.15) is 5.10 Å². The van der Waals surface area contributed by atoms with Gasteiger partial charge in [0, 0.05) is 11.6 Å². The van der Waals surface area contributed by atoms with E-state index in [4.69, 9.17) is 11.6 Å². The van der Waals surface area contributed by atoms with Crippen molar-refractivity contribution in [3.8, 4) is 0 Å². The van der Waals surface area contributed by atoms with E-state index in [9.17, 15) is 0 Å². The lowest BCUT2D eigenvalue weighted by atomic mass is 10.0. The normalized spacial score (nSPS) is 14.2. The van der Waals surface area contributed by atoms with Crippen molar-refractivity contribution in [1.82, 2.24) is 15.1 Å². The van der Waals surface area contributed by atoms with Crippen molar-refractivity contribution in [3.05, 3.63) is 16.9 Å². The molecule has 0 radical (unpaired) electrons. The Kier molecular flexibility index (Phi) is 5.23. The molecule has 104 valence electrons. The third kappa shape index (κ3) is 4.62. The fraction of sp³-hybridized carbons (Fsp3) is 0.786. The maximum Gasteiger partial charge on any atom is 0.0818 e. The van der Waals surface area contributed by atoms with Gasteiger partial charge in [0.05, 0.1) is 16.9 Å². The summed E-state index contributed by atoms with van der Waals surface area (Å²) in [6.45, 7) is 14.0. The predicted molar refractivity (Wildman–Crippen MR) is 78.2 cm³/mol. The molecule has 0 aromatic carbocycles. The van der Waals surface area contributed by atoms with Crippen LogP contribution < -0.4 is 5.32 Å². The molecule has 0 amide bonds. The Morgan fingerprint density at radius 3 is 2.44 bits per heavy atom. The molecule has 1 aromatic rings. The molecule has 0 spiro atoms. The van der Waals surface area contributed by atoms with E-state index < -0.39 is 0 Å². The van der Waals surface area contributed by atoms with E-state index in [2.05, 4.69) is 52.0 Å². The van der Waals surface area contributed by atoms with Crippen molar-refractivity contribution in [3.63, 3.8) is 0 Å². The summed E-state index contributed by atoms with van der Waals surface area (Å²) in [5.41, 5.74) is 1.31. The van der Waals surface area contributed by atoms with E-state index in [-0.39, 0.29) is 5.54 Å². The second-order valence-corrected chi connectivity index (χ2v) is 6.82. The molecule has 1 atom stereocenters. The lowest BCUT2D eigenvalue weighted by Gasteiger charge is -2.24. The summed E-state index contributed by atoms with van der Waals surface area (Å²) >= 11 is 6.22. The van der Waals surface area contributed by atoms with Crippen molar-refractivity contribution in [2.45, 2.75) is 59.5 Å². The maximum absolute atomic E-state index is 6.22. The minimum Gasteiger partial charge on any atom is -0.312 e. The standard InChI is InChI=1S/C14H26ClN3/c1-10(2)18-13(12(15)9-17-18)7-11(3)8-16-14(4,5)6/h9-11,16H,7-8H2,1-6H3. The fourth-order valence-electron chi connectivity index (χ4n) is 1.89. The van der Waals surface area contributed by atoms with Crippen molar-refractivity contribution in [2.24, 2.45) is 5.92 Å². The maximum atomic E-state index is 6.22. The number of hydrogen-bond acceptors (Lipinski definition) is 2. The zero-order valence-corrected chi connectivity index (χ0v) is 13.2. The second kappa shape index (κ2) is 6.07. The monoisotopic (exact) mass is 271 g/mol. The largest absolute Gasteiger partial charge is 0.312 e. The van der Waals surface area contributed by atoms with Crippen LogP contribution in [0.25, 0.3) is 0 Å². The van der Waals surface area contributed by atoms with Crippen LogP contribution >= 0.6 is 11.6 Å². The number of aromatic nitrogens is 2. The van der Waals surface area contributed by atoms with Gasteiger partial charge in [0.25, 0.3) is 0 Å². The van der Waals surface area contributed by atoms with Gasteiger partial charge in [0.2, 0.25) is 0 Å². The molecule has 1 heterocycles. The first kappa shape index (κ1) is 15.5. The Hall–Kier alpha value is -0.540. The number of rotatable bonds is 5. The lowest BCUT2D eigenvalue weighted by molar-refractivity contribution is 0.374. The smallest absolute Gasteiger partial charge is 0.0818 e. The topological polar surface area (TPSA) is 29.9 Å². The molecule has 1 rings (SSSR count). The van der Waals surface area contributed by atoms with E-state index in [1.165, 1.54) is 0 Å². The zero-order valence-electron chi connectivity index (χ0n) is 12.4. The highest BCUT2D eigenvalue weighted by Gasteiger charge is 2.16. The molecule has 0 saturated carbocycles. The molecule has 4 heteroatoms. The Morgan fingerprint density at radius 1 is 1.33 bits per heavy atom. The average Bonchev–Trinajstić information content (AvgIpc) is 2.57. The highest BCUT2D eigenvalue weighted by Crippen LogP contribution is 2.22. The van der Waals surface area contributed by atoms with Crippen LogP contribution in [0.3, 0.4) is 0 Å². The molecule has 1 unspecified atom stereocenters. The van der Waals surface area contributed by atoms with Gasteiger partial charge in [-0.1, -0.05) is 18.5 Å². The van der Waals surface area contributed by atoms with Crippen molar-refractivity contribution in [2.75, 3.05) is 6.54 Å².